The molecule has 0 unspecified atom stereocenters. The number of hydrogen-bond acceptors (Lipinski definition) is 8. The third-order valence-electron chi connectivity index (χ3n) is 3.97. The van der Waals surface area contributed by atoms with E-state index in [1.807, 2.05) is 6.26 Å². The Balaban J connectivity index is 1.83. The molecule has 3 rings (SSSR count). The summed E-state index contributed by atoms with van der Waals surface area (Å²) in [6.07, 6.45) is 1.92. The van der Waals surface area contributed by atoms with E-state index in [2.05, 4.69) is 0 Å². The molecule has 0 saturated heterocycles. The molecule has 8 nitrogen and oxygen atoms in total. The van der Waals surface area contributed by atoms with Gasteiger partial charge in [-0.2, -0.15) is 0 Å². The first-order valence-corrected chi connectivity index (χ1v) is 9.16. The van der Waals surface area contributed by atoms with E-state index < -0.39 is 10.9 Å². The molecule has 1 heterocycles. The molecule has 1 aliphatic rings. The average Bonchev–Trinajstić information content (AvgIpc) is 2.70. The summed E-state index contributed by atoms with van der Waals surface area (Å²) in [7, 11) is 1.47. The van der Waals surface area contributed by atoms with Gasteiger partial charge in [0.05, 0.1) is 18.6 Å². The first-order chi connectivity index (χ1) is 13.0. The first-order valence-electron chi connectivity index (χ1n) is 7.93. The number of methoxy groups -OCH3 is 1. The maximum atomic E-state index is 12.5. The van der Waals surface area contributed by atoms with E-state index >= 15 is 0 Å². The molecule has 0 N–H and O–H groups in total. The summed E-state index contributed by atoms with van der Waals surface area (Å²) < 4.78 is 21.2. The smallest absolute Gasteiger partial charge is 0.342 e. The maximum Gasteiger partial charge on any atom is 0.342 e. The topological polar surface area (TPSA) is 97.1 Å². The van der Waals surface area contributed by atoms with Crippen molar-refractivity contribution in [2.45, 2.75) is 18.1 Å². The number of thioether (sulfide) groups is 1. The van der Waals surface area contributed by atoms with Gasteiger partial charge in [-0.25, -0.2) is 4.79 Å². The van der Waals surface area contributed by atoms with E-state index in [0.29, 0.717) is 22.6 Å². The molecule has 0 radical (unpaired) electrons. The second kappa shape index (κ2) is 8.28. The lowest BCUT2D eigenvalue weighted by Gasteiger charge is -2.20. The Morgan fingerprint density at radius 1 is 1.33 bits per heavy atom. The molecular formula is C18H17NO7S. The van der Waals surface area contributed by atoms with Crippen molar-refractivity contribution in [3.63, 3.8) is 0 Å². The van der Waals surface area contributed by atoms with Crippen molar-refractivity contribution in [2.24, 2.45) is 0 Å². The monoisotopic (exact) mass is 391 g/mol. The number of nitro benzene ring substituents is 1. The molecule has 0 spiro atoms. The number of esters is 1. The third kappa shape index (κ3) is 4.15. The standard InChI is InChI=1S/C18H17NO7S/c1-23-16-7-14(27-2)3-4-15(16)18(20)25-9-12-6-13(19(21)22)5-11-8-24-10-26-17(11)12/h3-7H,8-10H2,1-2H3. The lowest BCUT2D eigenvalue weighted by Crippen LogP contribution is -2.15. The number of nitro groups is 1. The van der Waals surface area contributed by atoms with Crippen LogP contribution in [0, 0.1) is 10.1 Å². The van der Waals surface area contributed by atoms with Crippen LogP contribution in [-0.2, 0) is 22.7 Å². The number of hydrogen-bond donors (Lipinski definition) is 0. The van der Waals surface area contributed by atoms with Gasteiger partial charge in [-0.15, -0.1) is 11.8 Å². The van der Waals surface area contributed by atoms with Crippen LogP contribution in [0.4, 0.5) is 5.69 Å². The fraction of sp³-hybridized carbons (Fsp3) is 0.278. The predicted octanol–water partition coefficient (Wildman–Crippen LogP) is 3.55. The van der Waals surface area contributed by atoms with Gasteiger partial charge in [-0.1, -0.05) is 0 Å². The normalized spacial score (nSPS) is 12.7. The Kier molecular flexibility index (Phi) is 5.82. The highest BCUT2D eigenvalue weighted by Gasteiger charge is 2.22. The van der Waals surface area contributed by atoms with E-state index in [0.717, 1.165) is 4.90 Å². The number of non-ortho nitro benzene ring substituents is 1. The highest BCUT2D eigenvalue weighted by molar-refractivity contribution is 7.98. The van der Waals surface area contributed by atoms with Crippen molar-refractivity contribution in [3.05, 3.63) is 57.1 Å². The molecule has 0 aliphatic carbocycles. The van der Waals surface area contributed by atoms with Gasteiger partial charge in [0.1, 0.15) is 23.7 Å². The molecule has 2 aromatic rings. The Morgan fingerprint density at radius 2 is 2.15 bits per heavy atom. The van der Waals surface area contributed by atoms with Gasteiger partial charge in [0.15, 0.2) is 6.79 Å². The summed E-state index contributed by atoms with van der Waals surface area (Å²) in [5.74, 6) is 0.258. The molecule has 0 atom stereocenters. The van der Waals surface area contributed by atoms with Gasteiger partial charge in [0.25, 0.3) is 5.69 Å². The SMILES string of the molecule is COc1cc(SC)ccc1C(=O)OCc1cc([N+](=O)[O-])cc2c1OCOC2. The Labute approximate surface area is 159 Å². The lowest BCUT2D eigenvalue weighted by atomic mass is 10.1. The van der Waals surface area contributed by atoms with E-state index in [-0.39, 0.29) is 31.3 Å². The molecule has 1 aliphatic heterocycles. The zero-order valence-electron chi connectivity index (χ0n) is 14.7. The van der Waals surface area contributed by atoms with Crippen LogP contribution in [0.15, 0.2) is 35.2 Å². The lowest BCUT2D eigenvalue weighted by molar-refractivity contribution is -0.385. The third-order valence-corrected chi connectivity index (χ3v) is 4.70. The van der Waals surface area contributed by atoms with E-state index in [9.17, 15) is 14.9 Å². The van der Waals surface area contributed by atoms with Crippen molar-refractivity contribution < 1.29 is 28.7 Å². The van der Waals surface area contributed by atoms with Gasteiger partial charge in [-0.05, 0) is 24.5 Å². The Hall–Kier alpha value is -2.78. The molecule has 0 aromatic heterocycles. The first kappa shape index (κ1) is 19.0. The van der Waals surface area contributed by atoms with Crippen molar-refractivity contribution in [3.8, 4) is 11.5 Å². The number of carbonyl (C=O) groups excluding carboxylic acids is 1. The summed E-state index contributed by atoms with van der Waals surface area (Å²) >= 11 is 1.52. The van der Waals surface area contributed by atoms with Crippen molar-refractivity contribution in [1.29, 1.82) is 0 Å². The summed E-state index contributed by atoms with van der Waals surface area (Å²) in [5, 5.41) is 11.1. The maximum absolute atomic E-state index is 12.5. The van der Waals surface area contributed by atoms with Gasteiger partial charge in [0, 0.05) is 28.2 Å². The van der Waals surface area contributed by atoms with Crippen molar-refractivity contribution in [2.75, 3.05) is 20.2 Å². The van der Waals surface area contributed by atoms with Gasteiger partial charge >= 0.3 is 5.97 Å². The Morgan fingerprint density at radius 3 is 2.85 bits per heavy atom. The van der Waals surface area contributed by atoms with Crippen LogP contribution in [0.3, 0.4) is 0 Å². The van der Waals surface area contributed by atoms with Crippen LogP contribution < -0.4 is 9.47 Å². The van der Waals surface area contributed by atoms with Crippen LogP contribution in [0.5, 0.6) is 11.5 Å². The number of benzene rings is 2. The highest BCUT2D eigenvalue weighted by atomic mass is 32.2. The number of ether oxygens (including phenoxy) is 4. The van der Waals surface area contributed by atoms with E-state index in [1.54, 1.807) is 18.2 Å². The second-order valence-electron chi connectivity index (χ2n) is 5.60. The minimum absolute atomic E-state index is 0.0374. The molecule has 142 valence electrons. The molecule has 0 saturated carbocycles. The van der Waals surface area contributed by atoms with Crippen LogP contribution >= 0.6 is 11.8 Å². The zero-order chi connectivity index (χ0) is 19.4. The zero-order valence-corrected chi connectivity index (χ0v) is 15.5. The average molecular weight is 391 g/mol. The highest BCUT2D eigenvalue weighted by Crippen LogP contribution is 2.33. The predicted molar refractivity (Wildman–Crippen MR) is 97.3 cm³/mol. The number of nitrogens with zero attached hydrogens (tertiary/aromatic N) is 1. The minimum atomic E-state index is -0.591. The molecule has 0 bridgehead atoms. The molecule has 9 heteroatoms. The van der Waals surface area contributed by atoms with Gasteiger partial charge in [0.2, 0.25) is 0 Å². The molecule has 2 aromatic carbocycles. The number of rotatable bonds is 6. The summed E-state index contributed by atoms with van der Waals surface area (Å²) in [6, 6.07) is 7.89. The van der Waals surface area contributed by atoms with E-state index in [4.69, 9.17) is 18.9 Å². The van der Waals surface area contributed by atoms with Crippen LogP contribution in [0.2, 0.25) is 0 Å². The van der Waals surface area contributed by atoms with Gasteiger partial charge in [-0.3, -0.25) is 10.1 Å². The Bertz CT molecular complexity index is 884. The number of carbonyl (C=O) groups is 1. The number of fused-ring (bicyclic) bond motifs is 1. The molecular weight excluding hydrogens is 374 g/mol. The largest absolute Gasteiger partial charge is 0.496 e. The molecule has 27 heavy (non-hydrogen) atoms. The fourth-order valence-corrected chi connectivity index (χ4v) is 3.11. The van der Waals surface area contributed by atoms with E-state index in [1.165, 1.54) is 31.0 Å². The summed E-state index contributed by atoms with van der Waals surface area (Å²) in [4.78, 5) is 24.1. The summed E-state index contributed by atoms with van der Waals surface area (Å²) in [6.45, 7) is 0.0634. The molecule has 0 amide bonds. The second-order valence-corrected chi connectivity index (χ2v) is 6.48. The van der Waals surface area contributed by atoms with Crippen LogP contribution in [0.25, 0.3) is 0 Å². The quantitative estimate of drug-likeness (QED) is 0.319. The van der Waals surface area contributed by atoms with Crippen molar-refractivity contribution >= 4 is 23.4 Å². The minimum Gasteiger partial charge on any atom is -0.496 e. The van der Waals surface area contributed by atoms with Crippen molar-refractivity contribution in [1.82, 2.24) is 0 Å². The van der Waals surface area contributed by atoms with Crippen LogP contribution in [0.1, 0.15) is 21.5 Å². The molecule has 0 fully saturated rings. The summed E-state index contributed by atoms with van der Waals surface area (Å²) in [5.41, 5.74) is 1.12. The van der Waals surface area contributed by atoms with Crippen LogP contribution in [-0.4, -0.2) is 31.1 Å². The van der Waals surface area contributed by atoms with Gasteiger partial charge < -0.3 is 18.9 Å². The fourth-order valence-electron chi connectivity index (χ4n) is 2.68.